The molecule has 1 heterocycles. The molecular formula is C7H9BrN2O2. The van der Waals surface area contributed by atoms with Crippen molar-refractivity contribution < 1.29 is 10.2 Å². The van der Waals surface area contributed by atoms with Gasteiger partial charge in [-0.05, 0) is 22.9 Å². The van der Waals surface area contributed by atoms with Crippen molar-refractivity contribution in [2.24, 2.45) is 0 Å². The van der Waals surface area contributed by atoms with Gasteiger partial charge in [-0.25, -0.2) is 9.97 Å². The molecule has 5 heteroatoms. The van der Waals surface area contributed by atoms with E-state index in [1.54, 1.807) is 0 Å². The first-order valence-electron chi connectivity index (χ1n) is 3.37. The molecule has 0 fully saturated rings. The van der Waals surface area contributed by atoms with Gasteiger partial charge < -0.3 is 10.2 Å². The van der Waals surface area contributed by atoms with Crippen LogP contribution in [0.4, 0.5) is 0 Å². The Balaban J connectivity index is 2.96. The van der Waals surface area contributed by atoms with Crippen LogP contribution in [0.2, 0.25) is 0 Å². The van der Waals surface area contributed by atoms with E-state index in [2.05, 4.69) is 25.9 Å². The molecule has 0 aliphatic carbocycles. The summed E-state index contributed by atoms with van der Waals surface area (Å²) in [4.78, 5) is 7.71. The lowest BCUT2D eigenvalue weighted by Crippen LogP contribution is -2.28. The zero-order valence-electron chi connectivity index (χ0n) is 6.53. The quantitative estimate of drug-likeness (QED) is 0.777. The van der Waals surface area contributed by atoms with Crippen molar-refractivity contribution >= 4 is 15.9 Å². The van der Waals surface area contributed by atoms with Crippen molar-refractivity contribution in [2.75, 3.05) is 6.61 Å². The summed E-state index contributed by atoms with van der Waals surface area (Å²) in [6.45, 7) is 1.06. The van der Waals surface area contributed by atoms with Gasteiger partial charge in [-0.15, -0.1) is 0 Å². The first kappa shape index (κ1) is 9.57. The highest BCUT2D eigenvalue weighted by Gasteiger charge is 2.24. The fourth-order valence-corrected chi connectivity index (χ4v) is 0.866. The van der Waals surface area contributed by atoms with Gasteiger partial charge in [0, 0.05) is 12.4 Å². The SMILES string of the molecule is C[C@@](O)(CO)c1ncc(Br)cn1. The second kappa shape index (κ2) is 3.47. The highest BCUT2D eigenvalue weighted by atomic mass is 79.9. The van der Waals surface area contributed by atoms with Crippen LogP contribution in [0.25, 0.3) is 0 Å². The average Bonchev–Trinajstić information content (AvgIpc) is 2.05. The van der Waals surface area contributed by atoms with Gasteiger partial charge in [0.25, 0.3) is 0 Å². The molecule has 66 valence electrons. The molecule has 2 N–H and O–H groups in total. The molecule has 0 aliphatic heterocycles. The Kier molecular flexibility index (Phi) is 2.76. The average molecular weight is 233 g/mol. The lowest BCUT2D eigenvalue weighted by molar-refractivity contribution is -0.00975. The fourth-order valence-electron chi connectivity index (χ4n) is 0.661. The van der Waals surface area contributed by atoms with Crippen molar-refractivity contribution in [1.29, 1.82) is 0 Å². The maximum atomic E-state index is 9.50. The van der Waals surface area contributed by atoms with Crippen LogP contribution in [0.15, 0.2) is 16.9 Å². The van der Waals surface area contributed by atoms with Crippen molar-refractivity contribution in [3.05, 3.63) is 22.7 Å². The number of aliphatic hydroxyl groups is 2. The van der Waals surface area contributed by atoms with Gasteiger partial charge >= 0.3 is 0 Å². The zero-order valence-corrected chi connectivity index (χ0v) is 8.11. The van der Waals surface area contributed by atoms with E-state index in [1.807, 2.05) is 0 Å². The molecule has 0 aliphatic rings. The van der Waals surface area contributed by atoms with Gasteiger partial charge in [0.15, 0.2) is 5.82 Å². The van der Waals surface area contributed by atoms with E-state index in [1.165, 1.54) is 19.3 Å². The summed E-state index contributed by atoms with van der Waals surface area (Å²) >= 11 is 3.16. The number of aliphatic hydroxyl groups excluding tert-OH is 1. The number of halogens is 1. The Hall–Kier alpha value is -0.520. The van der Waals surface area contributed by atoms with Crippen molar-refractivity contribution in [3.63, 3.8) is 0 Å². The van der Waals surface area contributed by atoms with E-state index in [0.29, 0.717) is 0 Å². The summed E-state index contributed by atoms with van der Waals surface area (Å²) in [6.07, 6.45) is 3.04. The molecule has 0 unspecified atom stereocenters. The number of nitrogens with zero attached hydrogens (tertiary/aromatic N) is 2. The number of rotatable bonds is 2. The summed E-state index contributed by atoms with van der Waals surface area (Å²) in [5.41, 5.74) is -1.36. The molecule has 1 rings (SSSR count). The number of aromatic nitrogens is 2. The molecule has 0 spiro atoms. The predicted molar refractivity (Wildman–Crippen MR) is 46.4 cm³/mol. The molecule has 0 saturated heterocycles. The molecule has 1 aromatic rings. The molecule has 0 aromatic carbocycles. The minimum absolute atomic E-state index is 0.216. The maximum absolute atomic E-state index is 9.50. The van der Waals surface area contributed by atoms with E-state index in [9.17, 15) is 5.11 Å². The lowest BCUT2D eigenvalue weighted by atomic mass is 10.1. The first-order valence-corrected chi connectivity index (χ1v) is 4.17. The third-order valence-electron chi connectivity index (χ3n) is 1.41. The van der Waals surface area contributed by atoms with Crippen LogP contribution >= 0.6 is 15.9 Å². The maximum Gasteiger partial charge on any atom is 0.162 e. The van der Waals surface area contributed by atoms with Gasteiger partial charge in [-0.2, -0.15) is 0 Å². The second-order valence-electron chi connectivity index (χ2n) is 2.66. The Labute approximate surface area is 78.4 Å². The summed E-state index contributed by atoms with van der Waals surface area (Å²) in [5, 5.41) is 18.3. The number of hydrogen-bond acceptors (Lipinski definition) is 4. The van der Waals surface area contributed by atoms with E-state index in [4.69, 9.17) is 5.11 Å². The summed E-state index contributed by atoms with van der Waals surface area (Å²) in [7, 11) is 0. The van der Waals surface area contributed by atoms with Crippen LogP contribution in [0, 0.1) is 0 Å². The minimum Gasteiger partial charge on any atom is -0.393 e. The molecular weight excluding hydrogens is 224 g/mol. The van der Waals surface area contributed by atoms with Gasteiger partial charge in [0.2, 0.25) is 0 Å². The molecule has 4 nitrogen and oxygen atoms in total. The highest BCUT2D eigenvalue weighted by Crippen LogP contribution is 2.15. The van der Waals surface area contributed by atoms with Gasteiger partial charge in [0.05, 0.1) is 11.1 Å². The van der Waals surface area contributed by atoms with Gasteiger partial charge in [-0.1, -0.05) is 0 Å². The summed E-state index contributed by atoms with van der Waals surface area (Å²) in [5.74, 6) is 0.216. The Morgan fingerprint density at radius 3 is 2.42 bits per heavy atom. The van der Waals surface area contributed by atoms with Crippen LogP contribution in [-0.2, 0) is 5.60 Å². The molecule has 0 saturated carbocycles. The second-order valence-corrected chi connectivity index (χ2v) is 3.57. The Morgan fingerprint density at radius 2 is 2.00 bits per heavy atom. The fraction of sp³-hybridized carbons (Fsp3) is 0.429. The van der Waals surface area contributed by atoms with Gasteiger partial charge in [-0.3, -0.25) is 0 Å². The zero-order chi connectivity index (χ0) is 9.19. The van der Waals surface area contributed by atoms with Crippen molar-refractivity contribution in [2.45, 2.75) is 12.5 Å². The van der Waals surface area contributed by atoms with E-state index >= 15 is 0 Å². The third-order valence-corrected chi connectivity index (χ3v) is 1.82. The van der Waals surface area contributed by atoms with Crippen LogP contribution in [-0.4, -0.2) is 26.8 Å². The summed E-state index contributed by atoms with van der Waals surface area (Å²) in [6, 6.07) is 0. The van der Waals surface area contributed by atoms with Crippen molar-refractivity contribution in [3.8, 4) is 0 Å². The van der Waals surface area contributed by atoms with Gasteiger partial charge in [0.1, 0.15) is 5.60 Å². The summed E-state index contributed by atoms with van der Waals surface area (Å²) < 4.78 is 0.736. The Morgan fingerprint density at radius 1 is 1.50 bits per heavy atom. The van der Waals surface area contributed by atoms with E-state index in [0.717, 1.165) is 4.47 Å². The molecule has 1 atom stereocenters. The molecule has 12 heavy (non-hydrogen) atoms. The van der Waals surface area contributed by atoms with Crippen LogP contribution in [0.5, 0.6) is 0 Å². The van der Waals surface area contributed by atoms with E-state index in [-0.39, 0.29) is 5.82 Å². The van der Waals surface area contributed by atoms with Crippen LogP contribution < -0.4 is 0 Å². The molecule has 0 bridgehead atoms. The standard InChI is InChI=1S/C7H9BrN2O2/c1-7(12,4-11)6-9-2-5(8)3-10-6/h2-3,11-12H,4H2,1H3/t7-/m1/s1. The minimum atomic E-state index is -1.36. The lowest BCUT2D eigenvalue weighted by Gasteiger charge is -2.17. The predicted octanol–water partition coefficient (Wildman–Crippen LogP) is 0.439. The number of hydrogen-bond donors (Lipinski definition) is 2. The molecule has 0 amide bonds. The van der Waals surface area contributed by atoms with E-state index < -0.39 is 12.2 Å². The molecule has 0 radical (unpaired) electrons. The van der Waals surface area contributed by atoms with Crippen LogP contribution in [0.1, 0.15) is 12.7 Å². The first-order chi connectivity index (χ1) is 5.56. The molecule has 1 aromatic heterocycles. The monoisotopic (exact) mass is 232 g/mol. The third kappa shape index (κ3) is 2.00. The topological polar surface area (TPSA) is 66.2 Å². The van der Waals surface area contributed by atoms with Crippen molar-refractivity contribution in [1.82, 2.24) is 9.97 Å². The highest BCUT2D eigenvalue weighted by molar-refractivity contribution is 9.10. The smallest absolute Gasteiger partial charge is 0.162 e. The Bertz CT molecular complexity index is 261. The van der Waals surface area contributed by atoms with Crippen LogP contribution in [0.3, 0.4) is 0 Å². The largest absolute Gasteiger partial charge is 0.393 e. The normalized spacial score (nSPS) is 15.7.